The van der Waals surface area contributed by atoms with Crippen LogP contribution in [0.25, 0.3) is 0 Å². The van der Waals surface area contributed by atoms with Crippen LogP contribution >= 0.6 is 15.9 Å². The monoisotopic (exact) mass is 433 g/mol. The second kappa shape index (κ2) is 8.86. The van der Waals surface area contributed by atoms with Gasteiger partial charge in [-0.3, -0.25) is 0 Å². The minimum absolute atomic E-state index is 0.0999. The lowest BCUT2D eigenvalue weighted by molar-refractivity contribution is 0.279. The number of benzene rings is 3. The number of rotatable bonds is 7. The first kappa shape index (κ1) is 19.2. The lowest BCUT2D eigenvalue weighted by Gasteiger charge is -2.15. The quantitative estimate of drug-likeness (QED) is 0.500. The summed E-state index contributed by atoms with van der Waals surface area (Å²) in [6.07, 6.45) is 0. The molecule has 0 atom stereocenters. The molecular weight excluding hydrogens is 416 g/mol. The largest absolute Gasteiger partial charge is 0.493 e. The smallest absolute Gasteiger partial charge is 0.162 e. The molecule has 0 radical (unpaired) electrons. The third kappa shape index (κ3) is 4.98. The van der Waals surface area contributed by atoms with Crippen LogP contribution in [0.5, 0.6) is 11.5 Å². The maximum atomic E-state index is 13.8. The summed E-state index contributed by atoms with van der Waals surface area (Å²) in [6, 6.07) is 16.3. The van der Waals surface area contributed by atoms with Crippen LogP contribution in [-0.2, 0) is 13.2 Å². The van der Waals surface area contributed by atoms with Gasteiger partial charge in [-0.2, -0.15) is 0 Å². The predicted octanol–water partition coefficient (Wildman–Crippen LogP) is 5.93. The minimum Gasteiger partial charge on any atom is -0.493 e. The van der Waals surface area contributed by atoms with Gasteiger partial charge in [-0.25, -0.2) is 8.78 Å². The van der Waals surface area contributed by atoms with Crippen molar-refractivity contribution in [3.63, 3.8) is 0 Å². The molecule has 3 nitrogen and oxygen atoms in total. The molecule has 1 N–H and O–H groups in total. The predicted molar refractivity (Wildman–Crippen MR) is 105 cm³/mol. The highest BCUT2D eigenvalue weighted by Gasteiger charge is 2.12. The summed E-state index contributed by atoms with van der Waals surface area (Å²) in [7, 11) is 1.55. The highest BCUT2D eigenvalue weighted by molar-refractivity contribution is 9.10. The van der Waals surface area contributed by atoms with Gasteiger partial charge in [0.05, 0.1) is 7.11 Å². The maximum Gasteiger partial charge on any atom is 0.162 e. The zero-order valence-corrected chi connectivity index (χ0v) is 16.2. The fraction of sp³-hybridized carbons (Fsp3) is 0.143. The summed E-state index contributed by atoms with van der Waals surface area (Å²) in [4.78, 5) is 0. The Balaban J connectivity index is 1.72. The van der Waals surface area contributed by atoms with Crippen LogP contribution in [0.15, 0.2) is 65.1 Å². The van der Waals surface area contributed by atoms with Crippen LogP contribution in [0.2, 0.25) is 0 Å². The molecule has 0 unspecified atom stereocenters. The SMILES string of the molecule is COc1cc(CNc2ccc(F)cc2)c(Br)cc1OCc1ccccc1F. The van der Waals surface area contributed by atoms with Gasteiger partial charge in [0.2, 0.25) is 0 Å². The van der Waals surface area contributed by atoms with E-state index >= 15 is 0 Å². The maximum absolute atomic E-state index is 13.8. The van der Waals surface area contributed by atoms with E-state index in [0.717, 1.165) is 15.7 Å². The molecule has 0 fully saturated rings. The molecule has 3 aromatic rings. The Kier molecular flexibility index (Phi) is 6.29. The molecular formula is C21H18BrF2NO2. The topological polar surface area (TPSA) is 30.5 Å². The molecule has 0 bridgehead atoms. The summed E-state index contributed by atoms with van der Waals surface area (Å²) in [5, 5.41) is 3.22. The van der Waals surface area contributed by atoms with Gasteiger partial charge in [-0.05, 0) is 48.0 Å². The minimum atomic E-state index is -0.310. The lowest BCUT2D eigenvalue weighted by Crippen LogP contribution is -2.03. The molecule has 3 aromatic carbocycles. The van der Waals surface area contributed by atoms with Gasteiger partial charge in [0.25, 0.3) is 0 Å². The van der Waals surface area contributed by atoms with Gasteiger partial charge in [0, 0.05) is 22.3 Å². The van der Waals surface area contributed by atoms with Gasteiger partial charge in [-0.15, -0.1) is 0 Å². The molecule has 140 valence electrons. The highest BCUT2D eigenvalue weighted by atomic mass is 79.9. The van der Waals surface area contributed by atoms with E-state index in [0.29, 0.717) is 23.6 Å². The summed E-state index contributed by atoms with van der Waals surface area (Å²) < 4.78 is 38.7. The third-order valence-electron chi connectivity index (χ3n) is 4.00. The summed E-state index contributed by atoms with van der Waals surface area (Å²) >= 11 is 3.53. The van der Waals surface area contributed by atoms with Gasteiger partial charge < -0.3 is 14.8 Å². The number of ether oxygens (including phenoxy) is 2. The molecule has 6 heteroatoms. The molecule has 0 aliphatic carbocycles. The van der Waals surface area contributed by atoms with E-state index in [1.807, 2.05) is 6.07 Å². The van der Waals surface area contributed by atoms with Crippen molar-refractivity contribution in [1.29, 1.82) is 0 Å². The van der Waals surface area contributed by atoms with Crippen molar-refractivity contribution in [2.45, 2.75) is 13.2 Å². The summed E-state index contributed by atoms with van der Waals surface area (Å²) in [5.74, 6) is 0.471. The number of anilines is 1. The molecule has 0 heterocycles. The highest BCUT2D eigenvalue weighted by Crippen LogP contribution is 2.34. The van der Waals surface area contributed by atoms with Gasteiger partial charge in [0.15, 0.2) is 11.5 Å². The van der Waals surface area contributed by atoms with Crippen molar-refractivity contribution in [3.8, 4) is 11.5 Å². The average molecular weight is 434 g/mol. The van der Waals surface area contributed by atoms with Crippen LogP contribution in [0.4, 0.5) is 14.5 Å². The Morgan fingerprint density at radius 3 is 2.37 bits per heavy atom. The number of nitrogens with one attached hydrogen (secondary N) is 1. The molecule has 0 saturated heterocycles. The van der Waals surface area contributed by atoms with Crippen molar-refractivity contribution < 1.29 is 18.3 Å². The zero-order valence-electron chi connectivity index (χ0n) is 14.6. The Hall–Kier alpha value is -2.60. The Morgan fingerprint density at radius 2 is 1.67 bits per heavy atom. The molecule has 0 amide bonds. The van der Waals surface area contributed by atoms with Crippen LogP contribution in [0.1, 0.15) is 11.1 Å². The van der Waals surface area contributed by atoms with E-state index in [-0.39, 0.29) is 18.2 Å². The Morgan fingerprint density at radius 1 is 0.926 bits per heavy atom. The van der Waals surface area contributed by atoms with E-state index in [9.17, 15) is 8.78 Å². The zero-order chi connectivity index (χ0) is 19.2. The number of halogens is 3. The van der Waals surface area contributed by atoms with E-state index < -0.39 is 0 Å². The molecule has 3 rings (SSSR count). The van der Waals surface area contributed by atoms with Crippen molar-refractivity contribution in [3.05, 3.63) is 87.9 Å². The second-order valence-electron chi connectivity index (χ2n) is 5.84. The standard InChI is InChI=1S/C21H18BrF2NO2/c1-26-20-10-15(12-25-17-8-6-16(23)7-9-17)18(22)11-21(20)27-13-14-4-2-3-5-19(14)24/h2-11,25H,12-13H2,1H3. The van der Waals surface area contributed by atoms with E-state index in [1.54, 1.807) is 43.5 Å². The van der Waals surface area contributed by atoms with Crippen LogP contribution in [0, 0.1) is 11.6 Å². The molecule has 0 saturated carbocycles. The fourth-order valence-electron chi connectivity index (χ4n) is 2.52. The van der Waals surface area contributed by atoms with Crippen molar-refractivity contribution in [2.24, 2.45) is 0 Å². The number of hydrogen-bond donors (Lipinski definition) is 1. The van der Waals surface area contributed by atoms with Crippen molar-refractivity contribution in [1.82, 2.24) is 0 Å². The lowest BCUT2D eigenvalue weighted by atomic mass is 10.2. The molecule has 0 aliphatic heterocycles. The van der Waals surface area contributed by atoms with E-state index in [4.69, 9.17) is 9.47 Å². The number of methoxy groups -OCH3 is 1. The second-order valence-corrected chi connectivity index (χ2v) is 6.69. The molecule has 0 aliphatic rings. The van der Waals surface area contributed by atoms with Crippen LogP contribution in [-0.4, -0.2) is 7.11 Å². The normalized spacial score (nSPS) is 10.5. The number of hydrogen-bond acceptors (Lipinski definition) is 3. The van der Waals surface area contributed by atoms with Crippen molar-refractivity contribution >= 4 is 21.6 Å². The van der Waals surface area contributed by atoms with Crippen LogP contribution in [0.3, 0.4) is 0 Å². The van der Waals surface area contributed by atoms with Crippen molar-refractivity contribution in [2.75, 3.05) is 12.4 Å². The van der Waals surface area contributed by atoms with Gasteiger partial charge >= 0.3 is 0 Å². The fourth-order valence-corrected chi connectivity index (χ4v) is 2.98. The first-order valence-corrected chi connectivity index (χ1v) is 9.08. The summed E-state index contributed by atoms with van der Waals surface area (Å²) in [5.41, 5.74) is 2.22. The van der Waals surface area contributed by atoms with Gasteiger partial charge in [-0.1, -0.05) is 34.1 Å². The molecule has 27 heavy (non-hydrogen) atoms. The van der Waals surface area contributed by atoms with Gasteiger partial charge in [0.1, 0.15) is 18.2 Å². The Labute approximate surface area is 165 Å². The first-order valence-electron chi connectivity index (χ1n) is 8.29. The Bertz CT molecular complexity index is 917. The van der Waals surface area contributed by atoms with E-state index in [1.165, 1.54) is 18.2 Å². The summed E-state index contributed by atoms with van der Waals surface area (Å²) in [6.45, 7) is 0.610. The third-order valence-corrected chi connectivity index (χ3v) is 4.74. The average Bonchev–Trinajstić information content (AvgIpc) is 2.68. The van der Waals surface area contributed by atoms with Crippen LogP contribution < -0.4 is 14.8 Å². The molecule has 0 spiro atoms. The molecule has 0 aromatic heterocycles. The van der Waals surface area contributed by atoms with E-state index in [2.05, 4.69) is 21.2 Å². The first-order chi connectivity index (χ1) is 13.1.